The molecule has 2 saturated carbocycles. The van der Waals surface area contributed by atoms with Crippen LogP contribution in [-0.4, -0.2) is 5.38 Å². The number of rotatable bonds is 1. The molecule has 3 atom stereocenters. The lowest BCUT2D eigenvalue weighted by Gasteiger charge is -2.33. The molecule has 0 aromatic rings. The lowest BCUT2D eigenvalue weighted by Crippen LogP contribution is -2.26. The van der Waals surface area contributed by atoms with Gasteiger partial charge in [0.2, 0.25) is 0 Å². The van der Waals surface area contributed by atoms with Gasteiger partial charge < -0.3 is 0 Å². The molecule has 2 aliphatic carbocycles. The smallest absolute Gasteiger partial charge is 0.0545 e. The summed E-state index contributed by atoms with van der Waals surface area (Å²) in [4.78, 5) is 0. The molecule has 2 rings (SSSR count). The molecule has 2 fully saturated rings. The molecule has 0 spiro atoms. The van der Waals surface area contributed by atoms with Crippen molar-refractivity contribution in [1.82, 2.24) is 0 Å². The van der Waals surface area contributed by atoms with Gasteiger partial charge in [-0.2, -0.15) is 0 Å². The molecule has 68 valence electrons. The van der Waals surface area contributed by atoms with Gasteiger partial charge in [0.25, 0.3) is 0 Å². The van der Waals surface area contributed by atoms with Crippen molar-refractivity contribution < 1.29 is 0 Å². The van der Waals surface area contributed by atoms with E-state index in [0.717, 1.165) is 24.2 Å². The number of halogens is 1. The first kappa shape index (κ1) is 8.62. The number of allylic oxidation sites excluding steroid dienone is 1. The van der Waals surface area contributed by atoms with Crippen LogP contribution in [0.2, 0.25) is 0 Å². The third-order valence-electron chi connectivity index (χ3n) is 3.46. The maximum absolute atomic E-state index is 6.20. The summed E-state index contributed by atoms with van der Waals surface area (Å²) in [6.45, 7) is 6.39. The highest BCUT2D eigenvalue weighted by atomic mass is 35.5. The Kier molecular flexibility index (Phi) is 2.20. The topological polar surface area (TPSA) is 0 Å². The second kappa shape index (κ2) is 3.06. The van der Waals surface area contributed by atoms with E-state index in [9.17, 15) is 0 Å². The Labute approximate surface area is 80.0 Å². The third kappa shape index (κ3) is 1.54. The summed E-state index contributed by atoms with van der Waals surface area (Å²) in [6, 6.07) is 0. The van der Waals surface area contributed by atoms with Crippen LogP contribution in [0, 0.1) is 17.8 Å². The minimum absolute atomic E-state index is 0.270. The molecule has 0 saturated heterocycles. The molecule has 0 aromatic carbocycles. The average Bonchev–Trinajstić information content (AvgIpc) is 2.79. The van der Waals surface area contributed by atoms with E-state index in [1.807, 2.05) is 0 Å². The average molecular weight is 185 g/mol. The second-order valence-electron chi connectivity index (χ2n) is 4.54. The van der Waals surface area contributed by atoms with Crippen molar-refractivity contribution in [2.24, 2.45) is 17.8 Å². The first-order valence-electron chi connectivity index (χ1n) is 5.00. The zero-order chi connectivity index (χ0) is 8.72. The van der Waals surface area contributed by atoms with Crippen LogP contribution in [0.4, 0.5) is 0 Å². The van der Waals surface area contributed by atoms with Crippen LogP contribution in [-0.2, 0) is 0 Å². The highest BCUT2D eigenvalue weighted by Gasteiger charge is 2.39. The van der Waals surface area contributed by atoms with E-state index in [1.165, 1.54) is 24.8 Å². The molecule has 0 aromatic heterocycles. The molecule has 0 bridgehead atoms. The minimum Gasteiger partial charge on any atom is -0.118 e. The summed E-state index contributed by atoms with van der Waals surface area (Å²) in [7, 11) is 0. The SMILES string of the molecule is C=C1CC(C)C(C2CC2)CC1Cl. The Morgan fingerprint density at radius 1 is 1.42 bits per heavy atom. The number of hydrogen-bond acceptors (Lipinski definition) is 0. The fourth-order valence-corrected chi connectivity index (χ4v) is 2.81. The van der Waals surface area contributed by atoms with E-state index in [1.54, 1.807) is 0 Å². The summed E-state index contributed by atoms with van der Waals surface area (Å²) in [5.74, 6) is 2.74. The van der Waals surface area contributed by atoms with Crippen LogP contribution in [0.3, 0.4) is 0 Å². The summed E-state index contributed by atoms with van der Waals surface area (Å²) in [6.07, 6.45) is 5.25. The van der Waals surface area contributed by atoms with Crippen LogP contribution >= 0.6 is 11.6 Å². The Bertz CT molecular complexity index is 193. The van der Waals surface area contributed by atoms with Gasteiger partial charge in [0.1, 0.15) is 0 Å². The third-order valence-corrected chi connectivity index (χ3v) is 3.95. The first-order chi connectivity index (χ1) is 5.68. The van der Waals surface area contributed by atoms with Gasteiger partial charge in [-0.05, 0) is 43.4 Å². The Hall–Kier alpha value is 0.0300. The number of alkyl halides is 1. The molecule has 3 unspecified atom stereocenters. The summed E-state index contributed by atoms with van der Waals surface area (Å²) < 4.78 is 0. The second-order valence-corrected chi connectivity index (χ2v) is 5.07. The standard InChI is InChI=1S/C11H17Cl/c1-7-5-8(2)11(12)6-10(7)9-3-4-9/h7,9-11H,2-6H2,1H3. The zero-order valence-electron chi connectivity index (χ0n) is 7.72. The van der Waals surface area contributed by atoms with E-state index < -0.39 is 0 Å². The first-order valence-corrected chi connectivity index (χ1v) is 5.44. The predicted octanol–water partition coefficient (Wildman–Crippen LogP) is 3.61. The van der Waals surface area contributed by atoms with E-state index in [0.29, 0.717) is 0 Å². The molecule has 0 N–H and O–H groups in total. The summed E-state index contributed by atoms with van der Waals surface area (Å²) >= 11 is 6.20. The fraction of sp³-hybridized carbons (Fsp3) is 0.818. The summed E-state index contributed by atoms with van der Waals surface area (Å²) in [5, 5.41) is 0.270. The van der Waals surface area contributed by atoms with Crippen LogP contribution in [0.25, 0.3) is 0 Å². The lowest BCUT2D eigenvalue weighted by molar-refractivity contribution is 0.267. The van der Waals surface area contributed by atoms with E-state index in [4.69, 9.17) is 11.6 Å². The van der Waals surface area contributed by atoms with Crippen LogP contribution in [0.1, 0.15) is 32.6 Å². The maximum Gasteiger partial charge on any atom is 0.0545 e. The van der Waals surface area contributed by atoms with Crippen molar-refractivity contribution in [2.75, 3.05) is 0 Å². The van der Waals surface area contributed by atoms with Gasteiger partial charge in [-0.3, -0.25) is 0 Å². The van der Waals surface area contributed by atoms with Crippen molar-refractivity contribution in [2.45, 2.75) is 38.0 Å². The van der Waals surface area contributed by atoms with Crippen LogP contribution in [0.15, 0.2) is 12.2 Å². The van der Waals surface area contributed by atoms with Gasteiger partial charge >= 0.3 is 0 Å². The van der Waals surface area contributed by atoms with Crippen molar-refractivity contribution in [1.29, 1.82) is 0 Å². The quantitative estimate of drug-likeness (QED) is 0.432. The van der Waals surface area contributed by atoms with Crippen LogP contribution in [0.5, 0.6) is 0 Å². The van der Waals surface area contributed by atoms with Gasteiger partial charge in [0.05, 0.1) is 5.38 Å². The zero-order valence-corrected chi connectivity index (χ0v) is 8.48. The largest absolute Gasteiger partial charge is 0.118 e. The van der Waals surface area contributed by atoms with E-state index in [2.05, 4.69) is 13.5 Å². The monoisotopic (exact) mass is 184 g/mol. The van der Waals surface area contributed by atoms with Crippen molar-refractivity contribution in [3.8, 4) is 0 Å². The molecule has 1 heteroatoms. The Balaban J connectivity index is 2.01. The fourth-order valence-electron chi connectivity index (χ4n) is 2.51. The van der Waals surface area contributed by atoms with Crippen LogP contribution < -0.4 is 0 Å². The van der Waals surface area contributed by atoms with E-state index >= 15 is 0 Å². The van der Waals surface area contributed by atoms with Gasteiger partial charge in [0, 0.05) is 0 Å². The molecular weight excluding hydrogens is 168 g/mol. The molecule has 0 heterocycles. The van der Waals surface area contributed by atoms with Gasteiger partial charge in [-0.25, -0.2) is 0 Å². The number of hydrogen-bond donors (Lipinski definition) is 0. The molecule has 0 amide bonds. The van der Waals surface area contributed by atoms with Crippen molar-refractivity contribution >= 4 is 11.6 Å². The summed E-state index contributed by atoms with van der Waals surface area (Å²) in [5.41, 5.74) is 1.26. The molecule has 0 aliphatic heterocycles. The van der Waals surface area contributed by atoms with Gasteiger partial charge in [0.15, 0.2) is 0 Å². The van der Waals surface area contributed by atoms with Crippen molar-refractivity contribution in [3.63, 3.8) is 0 Å². The lowest BCUT2D eigenvalue weighted by atomic mass is 9.75. The molecule has 12 heavy (non-hydrogen) atoms. The Morgan fingerprint density at radius 2 is 2.08 bits per heavy atom. The molecular formula is C11H17Cl. The highest BCUT2D eigenvalue weighted by molar-refractivity contribution is 6.22. The molecule has 2 aliphatic rings. The van der Waals surface area contributed by atoms with Crippen molar-refractivity contribution in [3.05, 3.63) is 12.2 Å². The van der Waals surface area contributed by atoms with Gasteiger partial charge in [-0.15, -0.1) is 11.6 Å². The molecule has 0 radical (unpaired) electrons. The maximum atomic E-state index is 6.20. The predicted molar refractivity (Wildman–Crippen MR) is 53.4 cm³/mol. The minimum atomic E-state index is 0.270. The van der Waals surface area contributed by atoms with E-state index in [-0.39, 0.29) is 5.38 Å². The normalized spacial score (nSPS) is 43.2. The molecule has 0 nitrogen and oxygen atoms in total. The highest BCUT2D eigenvalue weighted by Crippen LogP contribution is 2.48. The Morgan fingerprint density at radius 3 is 2.67 bits per heavy atom. The van der Waals surface area contributed by atoms with Gasteiger partial charge in [-0.1, -0.05) is 19.1 Å².